The molecule has 8 heteroatoms. The quantitative estimate of drug-likeness (QED) is 0.569. The number of carbonyl (C=O) groups excluding carboxylic acids is 1. The highest BCUT2D eigenvalue weighted by Gasteiger charge is 2.52. The first kappa shape index (κ1) is 19.8. The van der Waals surface area contributed by atoms with Crippen molar-refractivity contribution < 1.29 is 29.1 Å². The molecule has 2 rings (SSSR count). The molecule has 1 aliphatic heterocycles. The summed E-state index contributed by atoms with van der Waals surface area (Å²) < 4.78 is 11.9. The van der Waals surface area contributed by atoms with Crippen molar-refractivity contribution in [2.45, 2.75) is 51.7 Å². The molecule has 1 aliphatic rings. The summed E-state index contributed by atoms with van der Waals surface area (Å²) in [5, 5.41) is 18.4. The highest BCUT2D eigenvalue weighted by molar-refractivity contribution is 7.15. The van der Waals surface area contributed by atoms with Crippen LogP contribution in [0.1, 0.15) is 55.1 Å². The van der Waals surface area contributed by atoms with E-state index >= 15 is 0 Å². The van der Waals surface area contributed by atoms with E-state index in [2.05, 4.69) is 0 Å². The maximum absolute atomic E-state index is 12.0. The van der Waals surface area contributed by atoms with Gasteiger partial charge in [0.1, 0.15) is 0 Å². The first-order chi connectivity index (χ1) is 11.6. The van der Waals surface area contributed by atoms with Gasteiger partial charge >= 0.3 is 13.1 Å². The molecular formula is C17H23BO6S. The van der Waals surface area contributed by atoms with Gasteiger partial charge in [0.05, 0.1) is 29.1 Å². The molecule has 0 spiro atoms. The van der Waals surface area contributed by atoms with Gasteiger partial charge in [0.15, 0.2) is 5.78 Å². The van der Waals surface area contributed by atoms with Crippen LogP contribution in [0.15, 0.2) is 17.6 Å². The van der Waals surface area contributed by atoms with Crippen molar-refractivity contribution in [1.82, 2.24) is 0 Å². The van der Waals surface area contributed by atoms with Crippen LogP contribution < -0.4 is 0 Å². The maximum Gasteiger partial charge on any atom is 0.492 e. The molecule has 2 heterocycles. The SMILES string of the molecule is CC1(C)OB(C(=Cc2ccc(C(=O)CCC(=O)O)s2)CO)OC1(C)C. The smallest absolute Gasteiger partial charge is 0.481 e. The molecule has 0 radical (unpaired) electrons. The number of carboxylic acids is 1. The molecule has 0 atom stereocenters. The van der Waals surface area contributed by atoms with Crippen molar-refractivity contribution in [3.05, 3.63) is 27.4 Å². The van der Waals surface area contributed by atoms with Crippen molar-refractivity contribution in [3.8, 4) is 0 Å². The van der Waals surface area contributed by atoms with Gasteiger partial charge in [-0.05, 0) is 51.4 Å². The normalized spacial score (nSPS) is 19.2. The van der Waals surface area contributed by atoms with E-state index in [1.807, 2.05) is 27.7 Å². The maximum atomic E-state index is 12.0. The second-order valence-electron chi connectivity index (χ2n) is 6.98. The Labute approximate surface area is 151 Å². The van der Waals surface area contributed by atoms with Gasteiger partial charge < -0.3 is 19.5 Å². The molecule has 0 bridgehead atoms. The fourth-order valence-corrected chi connectivity index (χ4v) is 3.24. The van der Waals surface area contributed by atoms with Crippen LogP contribution in [0.25, 0.3) is 6.08 Å². The van der Waals surface area contributed by atoms with Gasteiger partial charge in [0.25, 0.3) is 0 Å². The van der Waals surface area contributed by atoms with Crippen molar-refractivity contribution >= 4 is 36.3 Å². The Kier molecular flexibility index (Phi) is 5.88. The van der Waals surface area contributed by atoms with E-state index in [1.54, 1.807) is 18.2 Å². The molecule has 0 aromatic carbocycles. The largest absolute Gasteiger partial charge is 0.492 e. The van der Waals surface area contributed by atoms with Gasteiger partial charge in [-0.15, -0.1) is 11.3 Å². The average Bonchev–Trinajstić information content (AvgIpc) is 3.05. The summed E-state index contributed by atoms with van der Waals surface area (Å²) in [6, 6.07) is 3.43. The Morgan fingerprint density at radius 3 is 2.28 bits per heavy atom. The molecule has 136 valence electrons. The standard InChI is InChI=1S/C17H23BO6S/c1-16(2)17(3,4)24-18(23-16)11(10-19)9-12-5-7-14(25-12)13(20)6-8-15(21)22/h5,7,9,19H,6,8,10H2,1-4H3,(H,21,22). The molecule has 0 saturated carbocycles. The lowest BCUT2D eigenvalue weighted by Crippen LogP contribution is -2.41. The van der Waals surface area contributed by atoms with Gasteiger partial charge in [-0.25, -0.2) is 0 Å². The van der Waals surface area contributed by atoms with E-state index in [-0.39, 0.29) is 25.2 Å². The molecule has 2 N–H and O–H groups in total. The molecule has 25 heavy (non-hydrogen) atoms. The number of ketones is 1. The summed E-state index contributed by atoms with van der Waals surface area (Å²) in [6.07, 6.45) is 1.54. The molecule has 0 amide bonds. The fourth-order valence-electron chi connectivity index (χ4n) is 2.29. The van der Waals surface area contributed by atoms with E-state index < -0.39 is 24.3 Å². The van der Waals surface area contributed by atoms with Gasteiger partial charge in [0, 0.05) is 11.3 Å². The molecule has 0 aliphatic carbocycles. The van der Waals surface area contributed by atoms with Gasteiger partial charge in [-0.3, -0.25) is 9.59 Å². The number of carbonyl (C=O) groups is 2. The number of rotatable bonds is 7. The minimum absolute atomic E-state index is 0.0247. The zero-order chi connectivity index (χ0) is 18.8. The van der Waals surface area contributed by atoms with Gasteiger partial charge in [0.2, 0.25) is 0 Å². The highest BCUT2D eigenvalue weighted by Crippen LogP contribution is 2.39. The predicted molar refractivity (Wildman–Crippen MR) is 96.7 cm³/mol. The monoisotopic (exact) mass is 366 g/mol. The van der Waals surface area contributed by atoms with E-state index in [0.717, 1.165) is 4.88 Å². The van der Waals surface area contributed by atoms with Crippen LogP contribution in [0.5, 0.6) is 0 Å². The van der Waals surface area contributed by atoms with Gasteiger partial charge in [-0.1, -0.05) is 0 Å². The first-order valence-electron chi connectivity index (χ1n) is 8.07. The average molecular weight is 366 g/mol. The summed E-state index contributed by atoms with van der Waals surface area (Å²) in [6.45, 7) is 7.52. The van der Waals surface area contributed by atoms with Crippen molar-refractivity contribution in [2.24, 2.45) is 0 Å². The number of Topliss-reactive ketones (excluding diaryl/α,β-unsaturated/α-hetero) is 1. The van der Waals surface area contributed by atoms with Crippen LogP contribution in [-0.4, -0.2) is 46.9 Å². The van der Waals surface area contributed by atoms with E-state index in [0.29, 0.717) is 10.3 Å². The van der Waals surface area contributed by atoms with Crippen molar-refractivity contribution in [3.63, 3.8) is 0 Å². The zero-order valence-electron chi connectivity index (χ0n) is 14.9. The molecule has 1 fully saturated rings. The summed E-state index contributed by atoms with van der Waals surface area (Å²) in [5.74, 6) is -1.19. The molecule has 1 saturated heterocycles. The Balaban J connectivity index is 2.13. The number of aliphatic hydroxyl groups is 1. The van der Waals surface area contributed by atoms with Crippen molar-refractivity contribution in [1.29, 1.82) is 0 Å². The van der Waals surface area contributed by atoms with Crippen LogP contribution >= 0.6 is 11.3 Å². The lowest BCUT2D eigenvalue weighted by atomic mass is 9.78. The second kappa shape index (κ2) is 7.41. The number of hydrogen-bond donors (Lipinski definition) is 2. The number of carboxylic acid groups (broad SMARTS) is 1. The molecule has 0 unspecified atom stereocenters. The zero-order valence-corrected chi connectivity index (χ0v) is 15.7. The summed E-state index contributed by atoms with van der Waals surface area (Å²) >= 11 is 1.25. The third kappa shape index (κ3) is 4.58. The van der Waals surface area contributed by atoms with Crippen molar-refractivity contribution in [2.75, 3.05) is 6.61 Å². The molecule has 1 aromatic heterocycles. The number of hydrogen-bond acceptors (Lipinski definition) is 6. The van der Waals surface area contributed by atoms with Crippen LogP contribution in [-0.2, 0) is 14.1 Å². The summed E-state index contributed by atoms with van der Waals surface area (Å²) in [7, 11) is -0.650. The Morgan fingerprint density at radius 1 is 1.16 bits per heavy atom. The fraction of sp³-hybridized carbons (Fsp3) is 0.529. The molecular weight excluding hydrogens is 343 g/mol. The van der Waals surface area contributed by atoms with Crippen LogP contribution in [0.4, 0.5) is 0 Å². The lowest BCUT2D eigenvalue weighted by molar-refractivity contribution is -0.136. The van der Waals surface area contributed by atoms with Crippen LogP contribution in [0.2, 0.25) is 0 Å². The van der Waals surface area contributed by atoms with Crippen LogP contribution in [0.3, 0.4) is 0 Å². The number of aliphatic hydroxyl groups excluding tert-OH is 1. The Hall–Kier alpha value is -1.48. The number of aliphatic carboxylic acids is 1. The third-order valence-corrected chi connectivity index (χ3v) is 5.61. The summed E-state index contributed by atoms with van der Waals surface area (Å²) in [5.41, 5.74) is -0.427. The minimum atomic E-state index is -0.992. The molecule has 6 nitrogen and oxygen atoms in total. The Bertz CT molecular complexity index is 675. The van der Waals surface area contributed by atoms with Gasteiger partial charge in [-0.2, -0.15) is 0 Å². The van der Waals surface area contributed by atoms with Crippen LogP contribution in [0, 0.1) is 0 Å². The van der Waals surface area contributed by atoms with E-state index in [4.69, 9.17) is 14.4 Å². The highest BCUT2D eigenvalue weighted by atomic mass is 32.1. The first-order valence-corrected chi connectivity index (χ1v) is 8.89. The molecule has 1 aromatic rings. The Morgan fingerprint density at radius 2 is 1.76 bits per heavy atom. The van der Waals surface area contributed by atoms with E-state index in [1.165, 1.54) is 11.3 Å². The number of thiophene rings is 1. The second-order valence-corrected chi connectivity index (χ2v) is 8.10. The van der Waals surface area contributed by atoms with E-state index in [9.17, 15) is 14.7 Å². The topological polar surface area (TPSA) is 93.1 Å². The third-order valence-electron chi connectivity index (χ3n) is 4.53. The lowest BCUT2D eigenvalue weighted by Gasteiger charge is -2.32. The summed E-state index contributed by atoms with van der Waals surface area (Å²) in [4.78, 5) is 23.8. The predicted octanol–water partition coefficient (Wildman–Crippen LogP) is 2.80. The minimum Gasteiger partial charge on any atom is -0.481 e.